The SMILES string of the molecule is CCOc1ccc2nc(SCC3CCCN3)[nH]c2c1. The Balaban J connectivity index is 1.69. The summed E-state index contributed by atoms with van der Waals surface area (Å²) in [5, 5.41) is 4.50. The summed E-state index contributed by atoms with van der Waals surface area (Å²) in [4.78, 5) is 7.96. The molecule has 0 spiro atoms. The molecule has 0 aliphatic carbocycles. The second kappa shape index (κ2) is 5.84. The molecule has 2 N–H and O–H groups in total. The molecule has 1 atom stereocenters. The summed E-state index contributed by atoms with van der Waals surface area (Å²) in [5.74, 6) is 1.98. The molecule has 19 heavy (non-hydrogen) atoms. The average molecular weight is 277 g/mol. The fraction of sp³-hybridized carbons (Fsp3) is 0.500. The summed E-state index contributed by atoms with van der Waals surface area (Å²) in [5.41, 5.74) is 2.05. The highest BCUT2D eigenvalue weighted by molar-refractivity contribution is 7.99. The minimum absolute atomic E-state index is 0.636. The van der Waals surface area contributed by atoms with Crippen LogP contribution in [0.1, 0.15) is 19.8 Å². The van der Waals surface area contributed by atoms with Crippen LogP contribution in [-0.4, -0.2) is 34.9 Å². The Morgan fingerprint density at radius 2 is 2.42 bits per heavy atom. The summed E-state index contributed by atoms with van der Waals surface area (Å²) < 4.78 is 5.50. The van der Waals surface area contributed by atoms with Gasteiger partial charge in [-0.25, -0.2) is 4.98 Å². The Kier molecular flexibility index (Phi) is 3.94. The van der Waals surface area contributed by atoms with Crippen molar-refractivity contribution in [2.45, 2.75) is 31.0 Å². The minimum atomic E-state index is 0.636. The Morgan fingerprint density at radius 1 is 1.47 bits per heavy atom. The molecule has 1 aromatic heterocycles. The lowest BCUT2D eigenvalue weighted by atomic mass is 10.3. The van der Waals surface area contributed by atoms with Crippen LogP contribution in [-0.2, 0) is 0 Å². The monoisotopic (exact) mass is 277 g/mol. The number of aromatic nitrogens is 2. The van der Waals surface area contributed by atoms with Gasteiger partial charge in [-0.15, -0.1) is 0 Å². The standard InChI is InChI=1S/C14H19N3OS/c1-2-18-11-5-6-12-13(8-11)17-14(16-12)19-9-10-4-3-7-15-10/h5-6,8,10,15H,2-4,7,9H2,1H3,(H,16,17). The topological polar surface area (TPSA) is 49.9 Å². The molecule has 3 rings (SSSR count). The van der Waals surface area contributed by atoms with E-state index in [0.29, 0.717) is 12.6 Å². The summed E-state index contributed by atoms with van der Waals surface area (Å²) in [6.07, 6.45) is 2.57. The van der Waals surface area contributed by atoms with E-state index in [1.807, 2.05) is 25.1 Å². The zero-order chi connectivity index (χ0) is 13.1. The van der Waals surface area contributed by atoms with E-state index in [1.54, 1.807) is 11.8 Å². The van der Waals surface area contributed by atoms with E-state index in [1.165, 1.54) is 12.8 Å². The Hall–Kier alpha value is -1.20. The summed E-state index contributed by atoms with van der Waals surface area (Å²) >= 11 is 1.79. The summed E-state index contributed by atoms with van der Waals surface area (Å²) in [6, 6.07) is 6.63. The molecule has 1 aromatic carbocycles. The van der Waals surface area contributed by atoms with Gasteiger partial charge in [-0.2, -0.15) is 0 Å². The first-order valence-corrected chi connectivity index (χ1v) is 7.82. The highest BCUT2D eigenvalue weighted by Crippen LogP contribution is 2.24. The number of thioether (sulfide) groups is 1. The van der Waals surface area contributed by atoms with E-state index < -0.39 is 0 Å². The Bertz CT molecular complexity index is 549. The quantitative estimate of drug-likeness (QED) is 0.825. The number of aromatic amines is 1. The normalized spacial score (nSPS) is 19.1. The van der Waals surface area contributed by atoms with E-state index in [4.69, 9.17) is 4.74 Å². The van der Waals surface area contributed by atoms with Crippen molar-refractivity contribution in [1.82, 2.24) is 15.3 Å². The lowest BCUT2D eigenvalue weighted by molar-refractivity contribution is 0.340. The summed E-state index contributed by atoms with van der Waals surface area (Å²) in [7, 11) is 0. The molecule has 1 unspecified atom stereocenters. The molecule has 0 amide bonds. The van der Waals surface area contributed by atoms with Gasteiger partial charge in [-0.1, -0.05) is 11.8 Å². The number of benzene rings is 1. The maximum absolute atomic E-state index is 5.50. The number of nitrogens with zero attached hydrogens (tertiary/aromatic N) is 1. The van der Waals surface area contributed by atoms with Gasteiger partial charge in [0, 0.05) is 17.9 Å². The molecule has 2 heterocycles. The highest BCUT2D eigenvalue weighted by atomic mass is 32.2. The van der Waals surface area contributed by atoms with Gasteiger partial charge in [0.1, 0.15) is 5.75 Å². The second-order valence-corrected chi connectivity index (χ2v) is 5.77. The van der Waals surface area contributed by atoms with Crippen LogP contribution in [0.25, 0.3) is 11.0 Å². The van der Waals surface area contributed by atoms with Crippen LogP contribution in [0.4, 0.5) is 0 Å². The molecule has 1 fully saturated rings. The molecule has 0 saturated carbocycles. The van der Waals surface area contributed by atoms with Crippen molar-refractivity contribution in [3.8, 4) is 5.75 Å². The molecular formula is C14H19N3OS. The number of nitrogens with one attached hydrogen (secondary N) is 2. The first-order chi connectivity index (χ1) is 9.35. The van der Waals surface area contributed by atoms with Crippen molar-refractivity contribution in [1.29, 1.82) is 0 Å². The zero-order valence-electron chi connectivity index (χ0n) is 11.1. The number of imidazole rings is 1. The van der Waals surface area contributed by atoms with Crippen molar-refractivity contribution in [3.05, 3.63) is 18.2 Å². The third-order valence-corrected chi connectivity index (χ3v) is 4.36. The Morgan fingerprint density at radius 3 is 3.21 bits per heavy atom. The largest absolute Gasteiger partial charge is 0.494 e. The minimum Gasteiger partial charge on any atom is -0.494 e. The summed E-state index contributed by atoms with van der Waals surface area (Å²) in [6.45, 7) is 3.84. The molecule has 1 saturated heterocycles. The predicted octanol–water partition coefficient (Wildman–Crippen LogP) is 2.81. The van der Waals surface area contributed by atoms with Gasteiger partial charge in [0.15, 0.2) is 5.16 Å². The van der Waals surface area contributed by atoms with Gasteiger partial charge in [0.05, 0.1) is 17.6 Å². The van der Waals surface area contributed by atoms with E-state index in [2.05, 4.69) is 15.3 Å². The Labute approximate surface area is 117 Å². The second-order valence-electron chi connectivity index (χ2n) is 4.76. The van der Waals surface area contributed by atoms with Gasteiger partial charge in [-0.3, -0.25) is 0 Å². The van der Waals surface area contributed by atoms with E-state index in [9.17, 15) is 0 Å². The molecule has 0 radical (unpaired) electrons. The third kappa shape index (κ3) is 3.04. The number of hydrogen-bond donors (Lipinski definition) is 2. The van der Waals surface area contributed by atoms with Crippen LogP contribution in [0.3, 0.4) is 0 Å². The van der Waals surface area contributed by atoms with Crippen LogP contribution < -0.4 is 10.1 Å². The number of ether oxygens (including phenoxy) is 1. The fourth-order valence-corrected chi connectivity index (χ4v) is 3.36. The highest BCUT2D eigenvalue weighted by Gasteiger charge is 2.15. The van der Waals surface area contributed by atoms with Crippen LogP contribution >= 0.6 is 11.8 Å². The molecule has 4 nitrogen and oxygen atoms in total. The van der Waals surface area contributed by atoms with Crippen molar-refractivity contribution in [2.75, 3.05) is 18.9 Å². The van der Waals surface area contributed by atoms with Gasteiger partial charge >= 0.3 is 0 Å². The molecule has 5 heteroatoms. The fourth-order valence-electron chi connectivity index (χ4n) is 2.37. The lowest BCUT2D eigenvalue weighted by Gasteiger charge is -2.06. The molecule has 102 valence electrons. The molecular weight excluding hydrogens is 258 g/mol. The number of fused-ring (bicyclic) bond motifs is 1. The third-order valence-electron chi connectivity index (χ3n) is 3.33. The van der Waals surface area contributed by atoms with Crippen LogP contribution in [0, 0.1) is 0 Å². The van der Waals surface area contributed by atoms with Gasteiger partial charge in [0.25, 0.3) is 0 Å². The number of hydrogen-bond acceptors (Lipinski definition) is 4. The van der Waals surface area contributed by atoms with Gasteiger partial charge in [-0.05, 0) is 38.4 Å². The maximum atomic E-state index is 5.50. The lowest BCUT2D eigenvalue weighted by Crippen LogP contribution is -2.23. The molecule has 1 aliphatic rings. The van der Waals surface area contributed by atoms with E-state index in [0.717, 1.165) is 34.2 Å². The molecule has 0 bridgehead atoms. The zero-order valence-corrected chi connectivity index (χ0v) is 11.9. The number of rotatable bonds is 5. The molecule has 2 aromatic rings. The van der Waals surface area contributed by atoms with Crippen molar-refractivity contribution in [3.63, 3.8) is 0 Å². The average Bonchev–Trinajstić information content (AvgIpc) is 3.05. The maximum Gasteiger partial charge on any atom is 0.166 e. The van der Waals surface area contributed by atoms with Crippen molar-refractivity contribution in [2.24, 2.45) is 0 Å². The van der Waals surface area contributed by atoms with E-state index in [-0.39, 0.29) is 0 Å². The predicted molar refractivity (Wildman–Crippen MR) is 79.0 cm³/mol. The smallest absolute Gasteiger partial charge is 0.166 e. The van der Waals surface area contributed by atoms with Crippen LogP contribution in [0.5, 0.6) is 5.75 Å². The van der Waals surface area contributed by atoms with E-state index >= 15 is 0 Å². The van der Waals surface area contributed by atoms with Crippen molar-refractivity contribution < 1.29 is 4.74 Å². The van der Waals surface area contributed by atoms with Gasteiger partial charge < -0.3 is 15.0 Å². The van der Waals surface area contributed by atoms with Crippen LogP contribution in [0.15, 0.2) is 23.4 Å². The van der Waals surface area contributed by atoms with Crippen LogP contribution in [0.2, 0.25) is 0 Å². The first-order valence-electron chi connectivity index (χ1n) is 6.84. The molecule has 1 aliphatic heterocycles. The van der Waals surface area contributed by atoms with Gasteiger partial charge in [0.2, 0.25) is 0 Å². The first kappa shape index (κ1) is 12.8. The number of H-pyrrole nitrogens is 1. The van der Waals surface area contributed by atoms with Crippen molar-refractivity contribution >= 4 is 22.8 Å².